The second-order valence-electron chi connectivity index (χ2n) is 39.9. The molecule has 0 atom stereocenters. The van der Waals surface area contributed by atoms with Gasteiger partial charge < -0.3 is 13.7 Å². The fourth-order valence-corrected chi connectivity index (χ4v) is 25.6. The average molecular weight is 1880 g/mol. The first-order valence-electron chi connectivity index (χ1n) is 50.7. The molecule has 33 aromatic rings. The summed E-state index contributed by atoms with van der Waals surface area (Å²) in [5.41, 5.74) is 29.1. The molecule has 0 radical (unpaired) electrons. The number of para-hydroxylation sites is 3. The maximum Gasteiger partial charge on any atom is 0.0998 e. The number of rotatable bonds is 10. The van der Waals surface area contributed by atoms with Gasteiger partial charge >= 0.3 is 0 Å². The van der Waals surface area contributed by atoms with Crippen molar-refractivity contribution >= 4 is 216 Å². The molecule has 33 rings (SSSR count). The molecule has 0 unspecified atom stereocenters. The van der Waals surface area contributed by atoms with Gasteiger partial charge in [0.15, 0.2) is 0 Å². The van der Waals surface area contributed by atoms with Crippen molar-refractivity contribution in [2.24, 2.45) is 0 Å². The molecule has 7 nitrogen and oxygen atoms in total. The van der Waals surface area contributed by atoms with Crippen molar-refractivity contribution in [3.63, 3.8) is 0 Å². The zero-order chi connectivity index (χ0) is 98.1. The number of hydrogen-bond donors (Lipinski definition) is 0. The number of fused-ring (bicyclic) bond motifs is 2. The van der Waals surface area contributed by atoms with Gasteiger partial charge in [0, 0.05) is 83.5 Å². The number of hydrogen-bond acceptors (Lipinski definition) is 4. The van der Waals surface area contributed by atoms with Gasteiger partial charge in [-0.2, -0.15) is 15.8 Å². The van der Waals surface area contributed by atoms with E-state index in [4.69, 9.17) is 0 Å². The zero-order valence-corrected chi connectivity index (χ0v) is 80.2. The number of nitrogens with zero attached hydrogens (tertiary/aromatic N) is 7. The molecule has 0 amide bonds. The van der Waals surface area contributed by atoms with Crippen LogP contribution in [0.15, 0.2) is 480 Å². The molecule has 0 spiro atoms. The summed E-state index contributed by atoms with van der Waals surface area (Å²) in [6, 6.07) is 177. The van der Waals surface area contributed by atoms with Crippen LogP contribution >= 0.6 is 0 Å². The summed E-state index contributed by atoms with van der Waals surface area (Å²) in [5.74, 6) is 0. The van der Waals surface area contributed by atoms with Gasteiger partial charge in [-0.3, -0.25) is 4.98 Å². The molecule has 4 aromatic heterocycles. The quantitative estimate of drug-likeness (QED) is 0.127. The Balaban J connectivity index is 0.000000102. The molecular weight excluding hydrogens is 1800 g/mol. The Kier molecular flexibility index (Phi) is 18.0. The van der Waals surface area contributed by atoms with E-state index < -0.39 is 0 Å². The van der Waals surface area contributed by atoms with Gasteiger partial charge in [-0.25, -0.2) is 0 Å². The summed E-state index contributed by atoms with van der Waals surface area (Å²) in [4.78, 5) is 4.41. The monoisotopic (exact) mass is 1880 g/mol. The van der Waals surface area contributed by atoms with Crippen molar-refractivity contribution < 1.29 is 0 Å². The smallest absolute Gasteiger partial charge is 0.0998 e. The minimum absolute atomic E-state index is 0.705. The standard InChI is InChI=1S/C53H30N2.C52H29N3.C37H20N2/c54-31-40-20-26-48-53-45(40)23-19-39-29-41(30-49(52(39)53)55(48)42-11-2-1-3-12-42)36-9-6-10-37(28-36)43-21-15-33-18-25-47-44(22-16-34-17-24-46(43)50(33)51(34)47)38-14-13-32-7-4-5-8-35(32)27-38;53-29-38-17-23-47-52-44(38)20-16-37-27-40(28-48(51(37)52)55(47)41-6-2-1-3-7-41)35-9-8-34-26-36(11-10-33(34)25-35)42-18-12-31-15-22-46-43(39-5-4-24-54-30-39)19-13-32-14-21-45(42)49(31)50(32)46;38-21-26-13-17-32-36-30(26)14-15-31-29(16-18-33(37(31)36)39(32)28-7-2-1-3-8-28)27-19-24-11-9-22-5-4-6-23-10-12-25(20-27)35(24)34(22)23/h1-30H;1-28,30H;1-20H. The molecule has 0 bridgehead atoms. The Morgan fingerprint density at radius 3 is 0.906 bits per heavy atom. The van der Waals surface area contributed by atoms with E-state index in [0.717, 1.165) is 93.6 Å². The SMILES string of the molecule is N#Cc1ccc2c3c1ccc1c(-c4cc5ccc6cccc7ccc(c4)c5c67)ccc(c13)n2-c1ccccc1.N#Cc1ccc2c3c1ccc1cc(-c4ccc5cc(-c6ccc7ccc8c(-c9cccnc9)ccc9ccc6c7c98)ccc5c4)cc(c13)n2-c1ccccc1.N#Cc1ccc2c3c1ccc1cc(-c4cccc(-c5ccc6ccc7c(-c8ccc9ccccc9c8)ccc8ccc5c6c87)c4)cc(c13)n2-c1ccccc1. The molecule has 29 aromatic carbocycles. The van der Waals surface area contributed by atoms with Crippen LogP contribution in [-0.2, 0) is 0 Å². The summed E-state index contributed by atoms with van der Waals surface area (Å²) in [7, 11) is 0. The first-order valence-corrected chi connectivity index (χ1v) is 50.7. The highest BCUT2D eigenvalue weighted by Crippen LogP contribution is 2.52. The molecule has 0 saturated carbocycles. The van der Waals surface area contributed by atoms with Crippen molar-refractivity contribution in [2.45, 2.75) is 0 Å². The summed E-state index contributed by atoms with van der Waals surface area (Å²) < 4.78 is 7.03. The molecule has 7 heteroatoms. The lowest BCUT2D eigenvalue weighted by atomic mass is 9.86. The zero-order valence-electron chi connectivity index (χ0n) is 80.2. The fourth-order valence-electron chi connectivity index (χ4n) is 25.6. The Bertz CT molecular complexity index is 11500. The lowest BCUT2D eigenvalue weighted by molar-refractivity contribution is 1.18. The Morgan fingerprint density at radius 1 is 0.154 bits per heavy atom. The van der Waals surface area contributed by atoms with Gasteiger partial charge in [0.2, 0.25) is 0 Å². The molecule has 682 valence electrons. The first kappa shape index (κ1) is 83.2. The van der Waals surface area contributed by atoms with E-state index in [1.54, 1.807) is 0 Å². The average Bonchev–Trinajstić information content (AvgIpc) is 1.38. The van der Waals surface area contributed by atoms with Crippen LogP contribution in [0.2, 0.25) is 0 Å². The van der Waals surface area contributed by atoms with Crippen LogP contribution in [0.3, 0.4) is 0 Å². The Labute approximate surface area is 853 Å². The van der Waals surface area contributed by atoms with E-state index >= 15 is 0 Å². The molecule has 0 fully saturated rings. The Morgan fingerprint density at radius 2 is 0.430 bits per heavy atom. The molecule has 0 saturated heterocycles. The summed E-state index contributed by atoms with van der Waals surface area (Å²) in [6.45, 7) is 0. The third kappa shape index (κ3) is 12.5. The number of pyridine rings is 1. The summed E-state index contributed by atoms with van der Waals surface area (Å²) in [6.07, 6.45) is 3.78. The van der Waals surface area contributed by atoms with Crippen molar-refractivity contribution in [3.8, 4) is 113 Å². The third-order valence-electron chi connectivity index (χ3n) is 32.2. The van der Waals surface area contributed by atoms with E-state index in [1.165, 1.54) is 218 Å². The maximum atomic E-state index is 9.99. The van der Waals surface area contributed by atoms with Crippen molar-refractivity contribution in [3.05, 3.63) is 496 Å². The summed E-state index contributed by atoms with van der Waals surface area (Å²) >= 11 is 0. The highest BCUT2D eigenvalue weighted by atomic mass is 15.0. The lowest BCUT2D eigenvalue weighted by Gasteiger charge is -2.17. The molecule has 0 aliphatic rings. The third-order valence-corrected chi connectivity index (χ3v) is 32.2. The van der Waals surface area contributed by atoms with Gasteiger partial charge in [0.25, 0.3) is 0 Å². The van der Waals surface area contributed by atoms with Gasteiger partial charge in [0.1, 0.15) is 0 Å². The van der Waals surface area contributed by atoms with E-state index in [2.05, 4.69) is 474 Å². The van der Waals surface area contributed by atoms with Crippen molar-refractivity contribution in [2.75, 3.05) is 0 Å². The largest absolute Gasteiger partial charge is 0.309 e. The second kappa shape index (κ2) is 32.3. The van der Waals surface area contributed by atoms with E-state index in [9.17, 15) is 15.8 Å². The Hall–Kier alpha value is -20.4. The molecule has 149 heavy (non-hydrogen) atoms. The molecular formula is C142H79N7. The van der Waals surface area contributed by atoms with Crippen molar-refractivity contribution in [1.29, 1.82) is 15.8 Å². The predicted molar refractivity (Wildman–Crippen MR) is 625 cm³/mol. The number of benzene rings is 29. The highest BCUT2D eigenvalue weighted by Gasteiger charge is 2.28. The van der Waals surface area contributed by atoms with E-state index in [0.29, 0.717) is 16.7 Å². The van der Waals surface area contributed by atoms with Crippen LogP contribution in [0.5, 0.6) is 0 Å². The minimum atomic E-state index is 0.705. The predicted octanol–water partition coefficient (Wildman–Crippen LogP) is 37.8. The van der Waals surface area contributed by atoms with Crippen LogP contribution in [-0.4, -0.2) is 18.7 Å². The normalized spacial score (nSPS) is 12.0. The van der Waals surface area contributed by atoms with Crippen LogP contribution < -0.4 is 0 Å². The first-order chi connectivity index (χ1) is 73.7. The summed E-state index contributed by atoms with van der Waals surface area (Å²) in [5, 5.41) is 71.5. The number of aromatic nitrogens is 4. The van der Waals surface area contributed by atoms with E-state index in [1.807, 2.05) is 42.7 Å². The number of nitriles is 3. The molecule has 0 N–H and O–H groups in total. The van der Waals surface area contributed by atoms with E-state index in [-0.39, 0.29) is 0 Å². The molecule has 4 heterocycles. The van der Waals surface area contributed by atoms with Crippen LogP contribution in [0.1, 0.15) is 16.7 Å². The minimum Gasteiger partial charge on any atom is -0.309 e. The topological polar surface area (TPSA) is 99.1 Å². The fraction of sp³-hybridized carbons (Fsp3) is 0. The van der Waals surface area contributed by atoms with Crippen LogP contribution in [0, 0.1) is 34.0 Å². The van der Waals surface area contributed by atoms with Gasteiger partial charge in [-0.15, -0.1) is 0 Å². The highest BCUT2D eigenvalue weighted by molar-refractivity contribution is 6.34. The maximum absolute atomic E-state index is 9.99. The second-order valence-corrected chi connectivity index (χ2v) is 39.9. The van der Waals surface area contributed by atoms with Gasteiger partial charge in [-0.1, -0.05) is 322 Å². The molecule has 0 aliphatic heterocycles. The van der Waals surface area contributed by atoms with Gasteiger partial charge in [0.05, 0.1) is 68.0 Å². The molecule has 0 aliphatic carbocycles. The lowest BCUT2D eigenvalue weighted by Crippen LogP contribution is -1.93. The van der Waals surface area contributed by atoms with Crippen LogP contribution in [0.25, 0.3) is 311 Å². The van der Waals surface area contributed by atoms with Gasteiger partial charge in [-0.05, 0) is 353 Å². The van der Waals surface area contributed by atoms with Crippen LogP contribution in [0.4, 0.5) is 0 Å². The van der Waals surface area contributed by atoms with Crippen molar-refractivity contribution in [1.82, 2.24) is 18.7 Å².